The molecule has 0 N–H and O–H groups in total. The maximum atomic E-state index is 14.5. The zero-order valence-electron chi connectivity index (χ0n) is 16.3. The van der Waals surface area contributed by atoms with Crippen molar-refractivity contribution in [3.8, 4) is 11.5 Å². The predicted molar refractivity (Wildman–Crippen MR) is 107 cm³/mol. The van der Waals surface area contributed by atoms with Gasteiger partial charge in [0, 0.05) is 35.8 Å². The summed E-state index contributed by atoms with van der Waals surface area (Å²) in [6.45, 7) is 1.05. The van der Waals surface area contributed by atoms with Crippen LogP contribution in [0.5, 0.6) is 0 Å². The largest absolute Gasteiger partial charge is 0.468 e. The molecular weight excluding hydrogens is 411 g/mol. The topological polar surface area (TPSA) is 81.4 Å². The van der Waals surface area contributed by atoms with Gasteiger partial charge in [-0.05, 0) is 37.1 Å². The standard InChI is InChI=1S/C21H20ClFN4O3/c1-29-21(28)18(17-14(22)5-4-6-15(17)23)27-11-8-13(9-12-27)20-25-19(26-30-20)16-7-2-3-10-24-16/h2-7,10,13,18H,8-9,11-12H2,1H3. The number of pyridine rings is 1. The Balaban J connectivity index is 1.50. The SMILES string of the molecule is COC(=O)C(c1c(F)cccc1Cl)N1CCC(c2nc(-c3ccccn3)no2)CC1. The van der Waals surface area contributed by atoms with Gasteiger partial charge in [-0.25, -0.2) is 9.18 Å². The molecule has 1 fully saturated rings. The molecule has 3 aromatic rings. The third kappa shape index (κ3) is 4.06. The van der Waals surface area contributed by atoms with Gasteiger partial charge in [-0.1, -0.05) is 28.9 Å². The third-order valence-electron chi connectivity index (χ3n) is 5.28. The number of esters is 1. The summed E-state index contributed by atoms with van der Waals surface area (Å²) in [5, 5.41) is 4.22. The fourth-order valence-electron chi connectivity index (χ4n) is 3.74. The first-order valence-corrected chi connectivity index (χ1v) is 9.97. The fourth-order valence-corrected chi connectivity index (χ4v) is 4.00. The van der Waals surface area contributed by atoms with Crippen molar-refractivity contribution in [3.63, 3.8) is 0 Å². The number of likely N-dealkylation sites (tertiary alicyclic amines) is 1. The normalized spacial score (nSPS) is 16.4. The van der Waals surface area contributed by atoms with E-state index >= 15 is 0 Å². The molecule has 0 radical (unpaired) electrons. The van der Waals surface area contributed by atoms with Crippen LogP contribution in [0.15, 0.2) is 47.1 Å². The van der Waals surface area contributed by atoms with Crippen molar-refractivity contribution in [2.45, 2.75) is 24.8 Å². The van der Waals surface area contributed by atoms with Gasteiger partial charge in [0.2, 0.25) is 11.7 Å². The minimum atomic E-state index is -0.906. The lowest BCUT2D eigenvalue weighted by Gasteiger charge is -2.35. The number of rotatable bonds is 5. The lowest BCUT2D eigenvalue weighted by atomic mass is 9.94. The van der Waals surface area contributed by atoms with Gasteiger partial charge in [0.05, 0.1) is 7.11 Å². The number of nitrogens with zero attached hydrogens (tertiary/aromatic N) is 4. The molecule has 1 aliphatic rings. The third-order valence-corrected chi connectivity index (χ3v) is 5.61. The maximum Gasteiger partial charge on any atom is 0.327 e. The molecular formula is C21H20ClFN4O3. The van der Waals surface area contributed by atoms with Gasteiger partial charge in [0.25, 0.3) is 0 Å². The molecule has 1 saturated heterocycles. The monoisotopic (exact) mass is 430 g/mol. The molecule has 156 valence electrons. The van der Waals surface area contributed by atoms with Crippen LogP contribution in [0.25, 0.3) is 11.5 Å². The van der Waals surface area contributed by atoms with E-state index in [9.17, 15) is 9.18 Å². The quantitative estimate of drug-likeness (QED) is 0.565. The van der Waals surface area contributed by atoms with Crippen LogP contribution in [0.1, 0.15) is 36.3 Å². The number of carbonyl (C=O) groups is 1. The van der Waals surface area contributed by atoms with Crippen molar-refractivity contribution in [1.29, 1.82) is 0 Å². The molecule has 1 aliphatic heterocycles. The summed E-state index contributed by atoms with van der Waals surface area (Å²) in [6, 6.07) is 8.96. The molecule has 0 spiro atoms. The smallest absolute Gasteiger partial charge is 0.327 e. The van der Waals surface area contributed by atoms with Crippen LogP contribution < -0.4 is 0 Å². The highest BCUT2D eigenvalue weighted by molar-refractivity contribution is 6.31. The molecule has 2 aromatic heterocycles. The van der Waals surface area contributed by atoms with E-state index in [4.69, 9.17) is 20.9 Å². The van der Waals surface area contributed by atoms with Crippen molar-refractivity contribution in [2.24, 2.45) is 0 Å². The highest BCUT2D eigenvalue weighted by atomic mass is 35.5. The second kappa shape index (κ2) is 8.89. The Morgan fingerprint density at radius 2 is 2.07 bits per heavy atom. The minimum Gasteiger partial charge on any atom is -0.468 e. The average Bonchev–Trinajstić information content (AvgIpc) is 3.27. The Hall–Kier alpha value is -2.84. The first-order chi connectivity index (χ1) is 14.6. The summed E-state index contributed by atoms with van der Waals surface area (Å²) in [6.07, 6.45) is 3.01. The molecule has 7 nitrogen and oxygen atoms in total. The van der Waals surface area contributed by atoms with E-state index in [2.05, 4.69) is 15.1 Å². The Morgan fingerprint density at radius 1 is 1.27 bits per heavy atom. The molecule has 1 atom stereocenters. The van der Waals surface area contributed by atoms with Gasteiger partial charge in [-0.3, -0.25) is 9.88 Å². The van der Waals surface area contributed by atoms with Crippen LogP contribution in [0.4, 0.5) is 4.39 Å². The van der Waals surface area contributed by atoms with Crippen molar-refractivity contribution < 1.29 is 18.4 Å². The van der Waals surface area contributed by atoms with Crippen molar-refractivity contribution in [1.82, 2.24) is 20.0 Å². The predicted octanol–water partition coefficient (Wildman–Crippen LogP) is 4.02. The second-order valence-electron chi connectivity index (χ2n) is 7.04. The number of benzene rings is 1. The molecule has 9 heteroatoms. The summed E-state index contributed by atoms with van der Waals surface area (Å²) >= 11 is 6.22. The molecule has 4 rings (SSSR count). The highest BCUT2D eigenvalue weighted by Gasteiger charge is 2.36. The van der Waals surface area contributed by atoms with Crippen molar-refractivity contribution in [2.75, 3.05) is 20.2 Å². The number of hydrogen-bond acceptors (Lipinski definition) is 7. The van der Waals surface area contributed by atoms with Crippen LogP contribution in [-0.2, 0) is 9.53 Å². The summed E-state index contributed by atoms with van der Waals surface area (Å²) in [4.78, 5) is 23.1. The van der Waals surface area contributed by atoms with E-state index < -0.39 is 17.8 Å². The molecule has 0 bridgehead atoms. The number of methoxy groups -OCH3 is 1. The number of piperidine rings is 1. The van der Waals surface area contributed by atoms with Gasteiger partial charge in [0.15, 0.2) is 0 Å². The Bertz CT molecular complexity index is 1000. The fraction of sp³-hybridized carbons (Fsp3) is 0.333. The lowest BCUT2D eigenvalue weighted by Crippen LogP contribution is -2.40. The van der Waals surface area contributed by atoms with Crippen LogP contribution in [0.2, 0.25) is 5.02 Å². The number of ether oxygens (including phenoxy) is 1. The Kier molecular flexibility index (Phi) is 6.06. The van der Waals surface area contributed by atoms with E-state index in [1.807, 2.05) is 23.1 Å². The number of aromatic nitrogens is 3. The average molecular weight is 431 g/mol. The summed E-state index contributed by atoms with van der Waals surface area (Å²) in [5.74, 6) is -0.0549. The van der Waals surface area contributed by atoms with Crippen molar-refractivity contribution >= 4 is 17.6 Å². The first kappa shape index (κ1) is 20.4. The molecule has 0 saturated carbocycles. The molecule has 0 aliphatic carbocycles. The Labute approximate surface area is 177 Å². The van der Waals surface area contributed by atoms with Crippen LogP contribution in [-0.4, -0.2) is 46.2 Å². The lowest BCUT2D eigenvalue weighted by molar-refractivity contribution is -0.148. The zero-order valence-corrected chi connectivity index (χ0v) is 17.1. The number of carbonyl (C=O) groups excluding carboxylic acids is 1. The van der Waals surface area contributed by atoms with Gasteiger partial charge >= 0.3 is 5.97 Å². The van der Waals surface area contributed by atoms with E-state index in [1.165, 1.54) is 19.2 Å². The number of halogens is 2. The second-order valence-corrected chi connectivity index (χ2v) is 7.45. The molecule has 1 aromatic carbocycles. The Morgan fingerprint density at radius 3 is 2.73 bits per heavy atom. The van der Waals surface area contributed by atoms with Crippen molar-refractivity contribution in [3.05, 3.63) is 64.9 Å². The van der Waals surface area contributed by atoms with Gasteiger partial charge in [-0.15, -0.1) is 0 Å². The van der Waals surface area contributed by atoms with Gasteiger partial charge in [-0.2, -0.15) is 4.98 Å². The van der Waals surface area contributed by atoms with Gasteiger partial charge < -0.3 is 9.26 Å². The van der Waals surface area contributed by atoms with Crippen LogP contribution in [0.3, 0.4) is 0 Å². The van der Waals surface area contributed by atoms with Crippen LogP contribution >= 0.6 is 11.6 Å². The molecule has 0 amide bonds. The minimum absolute atomic E-state index is 0.0422. The first-order valence-electron chi connectivity index (χ1n) is 9.59. The summed E-state index contributed by atoms with van der Waals surface area (Å²) in [5.41, 5.74) is 0.782. The molecule has 3 heterocycles. The number of hydrogen-bond donors (Lipinski definition) is 0. The van der Waals surface area contributed by atoms with Crippen LogP contribution in [0, 0.1) is 5.82 Å². The maximum absolute atomic E-state index is 14.5. The summed E-state index contributed by atoms with van der Waals surface area (Å²) in [7, 11) is 1.29. The highest BCUT2D eigenvalue weighted by Crippen LogP contribution is 2.36. The van der Waals surface area contributed by atoms with E-state index in [-0.39, 0.29) is 16.5 Å². The van der Waals surface area contributed by atoms with Gasteiger partial charge in [0.1, 0.15) is 17.6 Å². The zero-order chi connectivity index (χ0) is 21.1. The molecule has 1 unspecified atom stereocenters. The van der Waals surface area contributed by atoms with E-state index in [0.29, 0.717) is 43.3 Å². The van der Waals surface area contributed by atoms with E-state index in [1.54, 1.807) is 12.3 Å². The molecule has 30 heavy (non-hydrogen) atoms. The summed E-state index contributed by atoms with van der Waals surface area (Å²) < 4.78 is 24.9. The van der Waals surface area contributed by atoms with E-state index in [0.717, 1.165) is 0 Å².